The van der Waals surface area contributed by atoms with Crippen molar-refractivity contribution < 1.29 is 14.3 Å². The van der Waals surface area contributed by atoms with E-state index >= 15 is 0 Å². The maximum absolute atomic E-state index is 11.4. The SMILES string of the molecule is C=CCN1CCN(CC(C)(C)COC(=O)CC(C)=O)CC1. The highest BCUT2D eigenvalue weighted by atomic mass is 16.5. The van der Waals surface area contributed by atoms with Crippen LogP contribution < -0.4 is 0 Å². The predicted octanol–water partition coefficient (Wildman–Crippen LogP) is 1.34. The maximum atomic E-state index is 11.4. The summed E-state index contributed by atoms with van der Waals surface area (Å²) in [5, 5.41) is 0. The summed E-state index contributed by atoms with van der Waals surface area (Å²) in [5.41, 5.74) is -0.104. The molecule has 1 aliphatic heterocycles. The molecule has 1 aliphatic rings. The Hall–Kier alpha value is -1.20. The molecule has 0 bridgehead atoms. The third kappa shape index (κ3) is 7.39. The molecule has 0 aromatic carbocycles. The summed E-state index contributed by atoms with van der Waals surface area (Å²) in [5.74, 6) is -0.581. The number of carbonyl (C=O) groups excluding carboxylic acids is 2. The first-order chi connectivity index (χ1) is 9.82. The Labute approximate surface area is 127 Å². The van der Waals surface area contributed by atoms with Crippen molar-refractivity contribution in [3.05, 3.63) is 12.7 Å². The van der Waals surface area contributed by atoms with Gasteiger partial charge in [-0.25, -0.2) is 0 Å². The van der Waals surface area contributed by atoms with Gasteiger partial charge in [0, 0.05) is 44.7 Å². The number of hydrogen-bond acceptors (Lipinski definition) is 5. The van der Waals surface area contributed by atoms with Gasteiger partial charge in [-0.3, -0.25) is 14.5 Å². The molecule has 0 amide bonds. The highest BCUT2D eigenvalue weighted by molar-refractivity contribution is 5.94. The fraction of sp³-hybridized carbons (Fsp3) is 0.750. The number of ether oxygens (including phenoxy) is 1. The lowest BCUT2D eigenvalue weighted by Crippen LogP contribution is -2.49. The number of ketones is 1. The summed E-state index contributed by atoms with van der Waals surface area (Å²) in [6.45, 7) is 15.7. The molecule has 1 saturated heterocycles. The molecule has 0 atom stereocenters. The lowest BCUT2D eigenvalue weighted by molar-refractivity contribution is -0.148. The third-order valence-corrected chi connectivity index (χ3v) is 3.52. The molecule has 21 heavy (non-hydrogen) atoms. The number of esters is 1. The summed E-state index contributed by atoms with van der Waals surface area (Å²) < 4.78 is 5.21. The zero-order valence-electron chi connectivity index (χ0n) is 13.6. The summed E-state index contributed by atoms with van der Waals surface area (Å²) in [7, 11) is 0. The smallest absolute Gasteiger partial charge is 0.313 e. The standard InChI is InChI=1S/C16H28N2O3/c1-5-6-17-7-9-18(10-8-17)12-16(3,4)13-21-15(20)11-14(2)19/h5H,1,6-13H2,2-4H3. The van der Waals surface area contributed by atoms with Gasteiger partial charge in [-0.1, -0.05) is 19.9 Å². The normalized spacial score (nSPS) is 17.5. The Kier molecular flexibility index (Phi) is 7.05. The van der Waals surface area contributed by atoms with Crippen molar-refractivity contribution in [2.45, 2.75) is 27.2 Å². The average Bonchev–Trinajstić information content (AvgIpc) is 2.38. The molecule has 0 spiro atoms. The summed E-state index contributed by atoms with van der Waals surface area (Å²) >= 11 is 0. The molecule has 0 aromatic rings. The summed E-state index contributed by atoms with van der Waals surface area (Å²) in [6.07, 6.45) is 1.81. The van der Waals surface area contributed by atoms with E-state index in [0.717, 1.165) is 39.3 Å². The van der Waals surface area contributed by atoms with Crippen molar-refractivity contribution in [2.24, 2.45) is 5.41 Å². The Balaban J connectivity index is 2.30. The van der Waals surface area contributed by atoms with E-state index in [9.17, 15) is 9.59 Å². The second kappa shape index (κ2) is 8.29. The summed E-state index contributed by atoms with van der Waals surface area (Å²) in [4.78, 5) is 27.1. The number of piperazine rings is 1. The second-order valence-electron chi connectivity index (χ2n) is 6.57. The highest BCUT2D eigenvalue weighted by Crippen LogP contribution is 2.19. The van der Waals surface area contributed by atoms with E-state index in [-0.39, 0.29) is 17.6 Å². The van der Waals surface area contributed by atoms with Gasteiger partial charge in [-0.15, -0.1) is 6.58 Å². The van der Waals surface area contributed by atoms with Crippen LogP contribution in [0, 0.1) is 5.41 Å². The van der Waals surface area contributed by atoms with E-state index in [1.54, 1.807) is 0 Å². The van der Waals surface area contributed by atoms with Crippen LogP contribution in [0.4, 0.5) is 0 Å². The van der Waals surface area contributed by atoms with Gasteiger partial charge in [-0.05, 0) is 6.92 Å². The van der Waals surface area contributed by atoms with Crippen LogP contribution in [0.5, 0.6) is 0 Å². The van der Waals surface area contributed by atoms with Crippen molar-refractivity contribution in [3.63, 3.8) is 0 Å². The molecule has 5 heteroatoms. The number of hydrogen-bond donors (Lipinski definition) is 0. The van der Waals surface area contributed by atoms with Gasteiger partial charge in [0.2, 0.25) is 0 Å². The molecule has 120 valence electrons. The van der Waals surface area contributed by atoms with E-state index < -0.39 is 5.97 Å². The van der Waals surface area contributed by atoms with Gasteiger partial charge < -0.3 is 9.64 Å². The molecule has 1 rings (SSSR count). The fourth-order valence-corrected chi connectivity index (χ4v) is 2.49. The first kappa shape index (κ1) is 17.9. The van der Waals surface area contributed by atoms with Crippen molar-refractivity contribution in [3.8, 4) is 0 Å². The second-order valence-corrected chi connectivity index (χ2v) is 6.57. The van der Waals surface area contributed by atoms with Crippen molar-refractivity contribution in [2.75, 3.05) is 45.9 Å². The molecule has 0 radical (unpaired) electrons. The van der Waals surface area contributed by atoms with Crippen LogP contribution in [0.3, 0.4) is 0 Å². The molecule has 1 fully saturated rings. The van der Waals surface area contributed by atoms with E-state index in [4.69, 9.17) is 4.74 Å². The number of nitrogens with zero attached hydrogens (tertiary/aromatic N) is 2. The van der Waals surface area contributed by atoms with Crippen molar-refractivity contribution in [1.82, 2.24) is 9.80 Å². The topological polar surface area (TPSA) is 49.9 Å². The molecule has 0 saturated carbocycles. The van der Waals surface area contributed by atoms with Gasteiger partial charge in [0.25, 0.3) is 0 Å². The largest absolute Gasteiger partial charge is 0.465 e. The van der Waals surface area contributed by atoms with Crippen molar-refractivity contribution in [1.29, 1.82) is 0 Å². The molecule has 5 nitrogen and oxygen atoms in total. The maximum Gasteiger partial charge on any atom is 0.313 e. The zero-order valence-corrected chi connectivity index (χ0v) is 13.6. The minimum Gasteiger partial charge on any atom is -0.465 e. The molecule has 0 aliphatic carbocycles. The van der Waals surface area contributed by atoms with Gasteiger partial charge >= 0.3 is 5.97 Å². The molecule has 0 aromatic heterocycles. The van der Waals surface area contributed by atoms with Gasteiger partial charge in [-0.2, -0.15) is 0 Å². The highest BCUT2D eigenvalue weighted by Gasteiger charge is 2.26. The quantitative estimate of drug-likeness (QED) is 0.384. The van der Waals surface area contributed by atoms with Crippen LogP contribution in [-0.4, -0.2) is 67.4 Å². The Morgan fingerprint density at radius 2 is 1.76 bits per heavy atom. The molecule has 0 N–H and O–H groups in total. The molecular formula is C16H28N2O3. The van der Waals surface area contributed by atoms with E-state index in [1.165, 1.54) is 6.92 Å². The van der Waals surface area contributed by atoms with Crippen molar-refractivity contribution >= 4 is 11.8 Å². The van der Waals surface area contributed by atoms with Gasteiger partial charge in [0.15, 0.2) is 0 Å². The number of rotatable bonds is 8. The average molecular weight is 296 g/mol. The van der Waals surface area contributed by atoms with Crippen LogP contribution in [0.2, 0.25) is 0 Å². The lowest BCUT2D eigenvalue weighted by Gasteiger charge is -2.38. The van der Waals surface area contributed by atoms with Crippen LogP contribution in [-0.2, 0) is 14.3 Å². The monoisotopic (exact) mass is 296 g/mol. The van der Waals surface area contributed by atoms with Gasteiger partial charge in [0.1, 0.15) is 12.2 Å². The Morgan fingerprint density at radius 3 is 2.29 bits per heavy atom. The van der Waals surface area contributed by atoms with Crippen LogP contribution in [0.25, 0.3) is 0 Å². The predicted molar refractivity (Wildman–Crippen MR) is 83.1 cm³/mol. The minimum absolute atomic E-state index is 0.104. The molecular weight excluding hydrogens is 268 g/mol. The molecule has 1 heterocycles. The first-order valence-electron chi connectivity index (χ1n) is 7.53. The zero-order chi connectivity index (χ0) is 15.9. The number of Topliss-reactive ketones (excluding diaryl/α,β-unsaturated/α-hetero) is 1. The van der Waals surface area contributed by atoms with Gasteiger partial charge in [0.05, 0.1) is 6.61 Å². The third-order valence-electron chi connectivity index (χ3n) is 3.52. The number of carbonyl (C=O) groups is 2. The van der Waals surface area contributed by atoms with Crippen LogP contribution in [0.1, 0.15) is 27.2 Å². The van der Waals surface area contributed by atoms with Crippen LogP contribution in [0.15, 0.2) is 12.7 Å². The summed E-state index contributed by atoms with van der Waals surface area (Å²) in [6, 6.07) is 0. The first-order valence-corrected chi connectivity index (χ1v) is 7.53. The van der Waals surface area contributed by atoms with E-state index in [2.05, 4.69) is 30.2 Å². The lowest BCUT2D eigenvalue weighted by atomic mass is 9.93. The fourth-order valence-electron chi connectivity index (χ4n) is 2.49. The van der Waals surface area contributed by atoms with E-state index in [1.807, 2.05) is 6.08 Å². The minimum atomic E-state index is -0.425. The Morgan fingerprint density at radius 1 is 1.19 bits per heavy atom. The van der Waals surface area contributed by atoms with Crippen LogP contribution >= 0.6 is 0 Å². The Bertz CT molecular complexity index is 372. The van der Waals surface area contributed by atoms with E-state index in [0.29, 0.717) is 6.61 Å². The molecule has 0 unspecified atom stereocenters.